The molecule has 0 saturated heterocycles. The molecule has 0 amide bonds. The molecule has 2 aromatic rings. The lowest BCUT2D eigenvalue weighted by atomic mass is 10.2. The number of nitrogens with two attached hydrogens (primary N) is 1. The minimum Gasteiger partial charge on any atom is -0.465 e. The molecule has 0 spiro atoms. The molecule has 20 heavy (non-hydrogen) atoms. The molecule has 0 saturated carbocycles. The fraction of sp³-hybridized carbons (Fsp3) is 0.0769. The SMILES string of the molecule is COC(=O)c1ccnc(Nc2ccc(Br)c(F)c2)c1N. The van der Waals surface area contributed by atoms with Crippen molar-refractivity contribution >= 4 is 39.1 Å². The van der Waals surface area contributed by atoms with Crippen molar-refractivity contribution in [2.75, 3.05) is 18.2 Å². The van der Waals surface area contributed by atoms with Crippen LogP contribution < -0.4 is 11.1 Å². The molecule has 2 rings (SSSR count). The van der Waals surface area contributed by atoms with E-state index >= 15 is 0 Å². The van der Waals surface area contributed by atoms with Gasteiger partial charge in [-0.3, -0.25) is 0 Å². The number of hydrogen-bond donors (Lipinski definition) is 2. The maximum Gasteiger partial charge on any atom is 0.340 e. The van der Waals surface area contributed by atoms with E-state index in [2.05, 4.69) is 31.0 Å². The highest BCUT2D eigenvalue weighted by Crippen LogP contribution is 2.26. The average Bonchev–Trinajstić information content (AvgIpc) is 2.44. The number of nitrogen functional groups attached to an aromatic ring is 1. The van der Waals surface area contributed by atoms with Gasteiger partial charge in [0.1, 0.15) is 5.82 Å². The number of rotatable bonds is 3. The minimum atomic E-state index is -0.560. The monoisotopic (exact) mass is 339 g/mol. The summed E-state index contributed by atoms with van der Waals surface area (Å²) in [5.41, 5.74) is 6.65. The van der Waals surface area contributed by atoms with E-state index in [0.717, 1.165) is 0 Å². The predicted octanol–water partition coefficient (Wildman–Crippen LogP) is 3.10. The second-order valence-electron chi connectivity index (χ2n) is 3.87. The fourth-order valence-electron chi connectivity index (χ4n) is 1.57. The summed E-state index contributed by atoms with van der Waals surface area (Å²) in [6.07, 6.45) is 1.42. The molecule has 104 valence electrons. The lowest BCUT2D eigenvalue weighted by Crippen LogP contribution is -2.09. The van der Waals surface area contributed by atoms with Gasteiger partial charge in [0.05, 0.1) is 22.8 Å². The van der Waals surface area contributed by atoms with Gasteiger partial charge in [0.2, 0.25) is 0 Å². The van der Waals surface area contributed by atoms with E-state index in [0.29, 0.717) is 10.2 Å². The molecule has 0 fully saturated rings. The number of ether oxygens (including phenoxy) is 1. The zero-order valence-corrected chi connectivity index (χ0v) is 12.1. The molecular formula is C13H11BrFN3O2. The van der Waals surface area contributed by atoms with Crippen LogP contribution in [0.25, 0.3) is 0 Å². The third kappa shape index (κ3) is 2.88. The molecule has 0 radical (unpaired) electrons. The van der Waals surface area contributed by atoms with Gasteiger partial charge in [-0.05, 0) is 40.2 Å². The quantitative estimate of drug-likeness (QED) is 0.840. The number of benzene rings is 1. The number of nitrogens with zero attached hydrogens (tertiary/aromatic N) is 1. The number of aromatic nitrogens is 1. The Balaban J connectivity index is 2.34. The number of anilines is 3. The van der Waals surface area contributed by atoms with Crippen LogP contribution in [0.4, 0.5) is 21.6 Å². The number of carbonyl (C=O) groups excluding carboxylic acids is 1. The van der Waals surface area contributed by atoms with Gasteiger partial charge in [-0.25, -0.2) is 14.2 Å². The topological polar surface area (TPSA) is 77.2 Å². The van der Waals surface area contributed by atoms with Crippen LogP contribution in [-0.2, 0) is 4.74 Å². The maximum atomic E-state index is 13.4. The van der Waals surface area contributed by atoms with E-state index in [4.69, 9.17) is 5.73 Å². The number of methoxy groups -OCH3 is 1. The zero-order chi connectivity index (χ0) is 14.7. The van der Waals surface area contributed by atoms with Crippen molar-refractivity contribution in [1.82, 2.24) is 4.98 Å². The van der Waals surface area contributed by atoms with Crippen LogP contribution in [0.1, 0.15) is 10.4 Å². The van der Waals surface area contributed by atoms with Crippen LogP contribution in [0.5, 0.6) is 0 Å². The van der Waals surface area contributed by atoms with Gasteiger partial charge in [0, 0.05) is 11.9 Å². The summed E-state index contributed by atoms with van der Waals surface area (Å²) < 4.78 is 18.4. The molecule has 0 aliphatic carbocycles. The van der Waals surface area contributed by atoms with Crippen molar-refractivity contribution in [1.29, 1.82) is 0 Å². The first-order chi connectivity index (χ1) is 9.52. The fourth-order valence-corrected chi connectivity index (χ4v) is 1.82. The van der Waals surface area contributed by atoms with Crippen LogP contribution >= 0.6 is 15.9 Å². The molecule has 0 atom stereocenters. The molecule has 0 aliphatic rings. The summed E-state index contributed by atoms with van der Waals surface area (Å²) >= 11 is 3.06. The lowest BCUT2D eigenvalue weighted by Gasteiger charge is -2.11. The Morgan fingerprint density at radius 2 is 2.20 bits per heavy atom. The standard InChI is InChI=1S/C13H11BrFN3O2/c1-20-13(19)8-4-5-17-12(11(8)16)18-7-2-3-9(14)10(15)6-7/h2-6H,16H2,1H3,(H,17,18). The van der Waals surface area contributed by atoms with Gasteiger partial charge in [0.25, 0.3) is 0 Å². The number of halogens is 2. The van der Waals surface area contributed by atoms with E-state index in [1.54, 1.807) is 12.1 Å². The molecule has 7 heteroatoms. The summed E-state index contributed by atoms with van der Waals surface area (Å²) in [6.45, 7) is 0. The van der Waals surface area contributed by atoms with Crippen molar-refractivity contribution in [2.24, 2.45) is 0 Å². The number of hydrogen-bond acceptors (Lipinski definition) is 5. The van der Waals surface area contributed by atoms with E-state index in [1.807, 2.05) is 0 Å². The first kappa shape index (κ1) is 14.3. The Kier molecular flexibility index (Phi) is 4.19. The smallest absolute Gasteiger partial charge is 0.340 e. The summed E-state index contributed by atoms with van der Waals surface area (Å²) in [4.78, 5) is 15.5. The Bertz CT molecular complexity index is 664. The van der Waals surface area contributed by atoms with Crippen LogP contribution in [0.15, 0.2) is 34.9 Å². The molecule has 0 unspecified atom stereocenters. The van der Waals surface area contributed by atoms with E-state index < -0.39 is 11.8 Å². The largest absolute Gasteiger partial charge is 0.465 e. The van der Waals surface area contributed by atoms with Crippen LogP contribution in [0.3, 0.4) is 0 Å². The van der Waals surface area contributed by atoms with Gasteiger partial charge < -0.3 is 15.8 Å². The molecule has 1 aromatic heterocycles. The van der Waals surface area contributed by atoms with Crippen molar-refractivity contribution in [3.63, 3.8) is 0 Å². The Hall–Kier alpha value is -2.15. The van der Waals surface area contributed by atoms with E-state index in [1.165, 1.54) is 25.4 Å². The van der Waals surface area contributed by atoms with Gasteiger partial charge in [-0.2, -0.15) is 0 Å². The van der Waals surface area contributed by atoms with Gasteiger partial charge in [0.15, 0.2) is 5.82 Å². The van der Waals surface area contributed by atoms with Crippen LogP contribution in [-0.4, -0.2) is 18.1 Å². The first-order valence-electron chi connectivity index (χ1n) is 5.57. The summed E-state index contributed by atoms with van der Waals surface area (Å²) in [5, 5.41) is 2.85. The minimum absolute atomic E-state index is 0.141. The highest BCUT2D eigenvalue weighted by molar-refractivity contribution is 9.10. The van der Waals surface area contributed by atoms with Gasteiger partial charge in [-0.1, -0.05) is 0 Å². The molecule has 3 N–H and O–H groups in total. The molecular weight excluding hydrogens is 329 g/mol. The van der Waals surface area contributed by atoms with E-state index in [-0.39, 0.29) is 17.1 Å². The highest BCUT2D eigenvalue weighted by Gasteiger charge is 2.14. The van der Waals surface area contributed by atoms with Crippen LogP contribution in [0, 0.1) is 5.82 Å². The highest BCUT2D eigenvalue weighted by atomic mass is 79.9. The average molecular weight is 340 g/mol. The molecule has 0 aliphatic heterocycles. The van der Waals surface area contributed by atoms with Crippen molar-refractivity contribution in [3.05, 3.63) is 46.3 Å². The van der Waals surface area contributed by atoms with Crippen LogP contribution in [0.2, 0.25) is 0 Å². The van der Waals surface area contributed by atoms with Crippen molar-refractivity contribution in [2.45, 2.75) is 0 Å². The molecule has 1 aromatic carbocycles. The van der Waals surface area contributed by atoms with Gasteiger partial charge >= 0.3 is 5.97 Å². The Morgan fingerprint density at radius 3 is 2.85 bits per heavy atom. The third-order valence-corrected chi connectivity index (χ3v) is 3.22. The molecule has 5 nitrogen and oxygen atoms in total. The number of esters is 1. The first-order valence-corrected chi connectivity index (χ1v) is 6.37. The number of nitrogens with one attached hydrogen (secondary N) is 1. The van der Waals surface area contributed by atoms with Crippen molar-refractivity contribution in [3.8, 4) is 0 Å². The number of carbonyl (C=O) groups is 1. The molecule has 1 heterocycles. The Labute approximate surface area is 123 Å². The van der Waals surface area contributed by atoms with Crippen molar-refractivity contribution < 1.29 is 13.9 Å². The third-order valence-electron chi connectivity index (χ3n) is 2.58. The Morgan fingerprint density at radius 1 is 1.45 bits per heavy atom. The lowest BCUT2D eigenvalue weighted by molar-refractivity contribution is 0.0602. The zero-order valence-electron chi connectivity index (χ0n) is 10.5. The maximum absolute atomic E-state index is 13.4. The molecule has 0 bridgehead atoms. The summed E-state index contributed by atoms with van der Waals surface area (Å²) in [6, 6.07) is 5.95. The second kappa shape index (κ2) is 5.87. The summed E-state index contributed by atoms with van der Waals surface area (Å²) in [5.74, 6) is -0.720. The van der Waals surface area contributed by atoms with Gasteiger partial charge in [-0.15, -0.1) is 0 Å². The van der Waals surface area contributed by atoms with E-state index in [9.17, 15) is 9.18 Å². The normalized spacial score (nSPS) is 10.2. The summed E-state index contributed by atoms with van der Waals surface area (Å²) in [7, 11) is 1.26. The second-order valence-corrected chi connectivity index (χ2v) is 4.72. The number of pyridine rings is 1. The predicted molar refractivity (Wildman–Crippen MR) is 77.4 cm³/mol.